The van der Waals surface area contributed by atoms with Crippen molar-refractivity contribution < 1.29 is 0 Å². The van der Waals surface area contributed by atoms with Crippen molar-refractivity contribution in [3.63, 3.8) is 0 Å². The van der Waals surface area contributed by atoms with Crippen LogP contribution in [0.3, 0.4) is 0 Å². The molecular formula is C17H21N3S. The number of hydrazone groups is 1. The minimum absolute atomic E-state index is 1.01. The molecule has 21 heavy (non-hydrogen) atoms. The zero-order chi connectivity index (χ0) is 14.5. The van der Waals surface area contributed by atoms with E-state index in [1.165, 1.54) is 10.4 Å². The van der Waals surface area contributed by atoms with Gasteiger partial charge in [0.1, 0.15) is 0 Å². The van der Waals surface area contributed by atoms with Crippen LogP contribution in [0.4, 0.5) is 0 Å². The summed E-state index contributed by atoms with van der Waals surface area (Å²) in [6, 6.07) is 14.9. The first kappa shape index (κ1) is 14.3. The first-order valence-electron chi connectivity index (χ1n) is 7.41. The Hall–Kier alpha value is -1.65. The fraction of sp³-hybridized carbons (Fsp3) is 0.353. The molecule has 1 aromatic carbocycles. The van der Waals surface area contributed by atoms with Gasteiger partial charge in [0.15, 0.2) is 0 Å². The molecule has 4 heteroatoms. The van der Waals surface area contributed by atoms with Gasteiger partial charge in [-0.05, 0) is 23.9 Å². The summed E-state index contributed by atoms with van der Waals surface area (Å²) in [5.74, 6) is 0. The Morgan fingerprint density at radius 2 is 1.81 bits per heavy atom. The molecule has 1 aliphatic heterocycles. The van der Waals surface area contributed by atoms with Crippen LogP contribution in [0, 0.1) is 0 Å². The van der Waals surface area contributed by atoms with Crippen molar-refractivity contribution in [2.24, 2.45) is 5.10 Å². The van der Waals surface area contributed by atoms with Crippen molar-refractivity contribution >= 4 is 17.0 Å². The highest BCUT2D eigenvalue weighted by Crippen LogP contribution is 2.12. The van der Waals surface area contributed by atoms with Crippen molar-refractivity contribution in [2.45, 2.75) is 13.5 Å². The summed E-state index contributed by atoms with van der Waals surface area (Å²) in [5, 5.41) is 9.06. The molecule has 2 heterocycles. The monoisotopic (exact) mass is 299 g/mol. The van der Waals surface area contributed by atoms with Gasteiger partial charge in [-0.2, -0.15) is 5.10 Å². The highest BCUT2D eigenvalue weighted by molar-refractivity contribution is 7.12. The summed E-state index contributed by atoms with van der Waals surface area (Å²) in [6.07, 6.45) is 0. The predicted octanol–water partition coefficient (Wildman–Crippen LogP) is 3.29. The van der Waals surface area contributed by atoms with Gasteiger partial charge in [0.2, 0.25) is 0 Å². The number of nitrogens with zero attached hydrogens (tertiary/aromatic N) is 3. The number of benzene rings is 1. The molecule has 1 fully saturated rings. The maximum atomic E-state index is 4.75. The number of hydrogen-bond acceptors (Lipinski definition) is 4. The number of thiophene rings is 1. The fourth-order valence-electron chi connectivity index (χ4n) is 2.58. The molecule has 0 N–H and O–H groups in total. The van der Waals surface area contributed by atoms with Gasteiger partial charge in [-0.15, -0.1) is 11.3 Å². The molecule has 3 nitrogen and oxygen atoms in total. The Morgan fingerprint density at radius 1 is 1.05 bits per heavy atom. The van der Waals surface area contributed by atoms with Crippen LogP contribution < -0.4 is 0 Å². The second-order valence-electron chi connectivity index (χ2n) is 5.38. The highest BCUT2D eigenvalue weighted by Gasteiger charge is 2.16. The molecule has 1 saturated heterocycles. The molecule has 0 saturated carbocycles. The third kappa shape index (κ3) is 3.93. The maximum absolute atomic E-state index is 4.75. The van der Waals surface area contributed by atoms with E-state index >= 15 is 0 Å². The van der Waals surface area contributed by atoms with Crippen molar-refractivity contribution in [2.75, 3.05) is 26.2 Å². The Morgan fingerprint density at radius 3 is 2.48 bits per heavy atom. The quantitative estimate of drug-likeness (QED) is 0.807. The molecule has 0 aliphatic carbocycles. The second-order valence-corrected chi connectivity index (χ2v) is 6.33. The predicted molar refractivity (Wildman–Crippen MR) is 89.8 cm³/mol. The summed E-state index contributed by atoms with van der Waals surface area (Å²) in [5.41, 5.74) is 2.52. The molecule has 0 atom stereocenters. The third-order valence-corrected chi connectivity index (χ3v) is 4.75. The average molecular weight is 299 g/mol. The van der Waals surface area contributed by atoms with Gasteiger partial charge in [-0.1, -0.05) is 36.4 Å². The van der Waals surface area contributed by atoms with Crippen LogP contribution in [0.2, 0.25) is 0 Å². The zero-order valence-corrected chi connectivity index (χ0v) is 13.2. The lowest BCUT2D eigenvalue weighted by Gasteiger charge is -2.33. The van der Waals surface area contributed by atoms with Crippen molar-refractivity contribution in [1.82, 2.24) is 9.91 Å². The largest absolute Gasteiger partial charge is 0.295 e. The molecule has 0 spiro atoms. The van der Waals surface area contributed by atoms with Gasteiger partial charge >= 0.3 is 0 Å². The van der Waals surface area contributed by atoms with Crippen LogP contribution in [0.1, 0.15) is 17.4 Å². The number of rotatable bonds is 4. The molecule has 2 aromatic rings. The molecule has 1 aromatic heterocycles. The SMILES string of the molecule is CC(=NN1CCN(Cc2ccccc2)CC1)c1cccs1. The van der Waals surface area contributed by atoms with Gasteiger partial charge in [0.25, 0.3) is 0 Å². The summed E-state index contributed by atoms with van der Waals surface area (Å²) in [6.45, 7) is 7.32. The Bertz CT molecular complexity index is 569. The van der Waals surface area contributed by atoms with E-state index in [2.05, 4.69) is 64.7 Å². The Balaban J connectivity index is 1.52. The van der Waals surface area contributed by atoms with Gasteiger partial charge in [-0.3, -0.25) is 9.91 Å². The molecular weight excluding hydrogens is 278 g/mol. The highest BCUT2D eigenvalue weighted by atomic mass is 32.1. The van der Waals surface area contributed by atoms with E-state index in [0.29, 0.717) is 0 Å². The lowest BCUT2D eigenvalue weighted by molar-refractivity contribution is 0.130. The van der Waals surface area contributed by atoms with Gasteiger partial charge in [0.05, 0.1) is 5.71 Å². The molecule has 1 aliphatic rings. The number of hydrogen-bond donors (Lipinski definition) is 0. The summed E-state index contributed by atoms with van der Waals surface area (Å²) < 4.78 is 0. The van der Waals surface area contributed by atoms with Crippen LogP contribution in [-0.4, -0.2) is 41.8 Å². The lowest BCUT2D eigenvalue weighted by Crippen LogP contribution is -2.43. The number of piperazine rings is 1. The third-order valence-electron chi connectivity index (χ3n) is 3.77. The van der Waals surface area contributed by atoms with E-state index in [1.54, 1.807) is 11.3 Å². The van der Waals surface area contributed by atoms with E-state index in [4.69, 9.17) is 5.10 Å². The first-order valence-corrected chi connectivity index (χ1v) is 8.29. The van der Waals surface area contributed by atoms with Crippen LogP contribution in [0.5, 0.6) is 0 Å². The van der Waals surface area contributed by atoms with Crippen molar-refractivity contribution in [1.29, 1.82) is 0 Å². The van der Waals surface area contributed by atoms with Gasteiger partial charge < -0.3 is 0 Å². The normalized spacial score (nSPS) is 17.2. The summed E-state index contributed by atoms with van der Waals surface area (Å²) >= 11 is 1.75. The van der Waals surface area contributed by atoms with Crippen LogP contribution in [-0.2, 0) is 6.54 Å². The van der Waals surface area contributed by atoms with Crippen LogP contribution >= 0.6 is 11.3 Å². The second kappa shape index (κ2) is 6.87. The van der Waals surface area contributed by atoms with Crippen LogP contribution in [0.25, 0.3) is 0 Å². The summed E-state index contributed by atoms with van der Waals surface area (Å²) in [4.78, 5) is 3.77. The minimum atomic E-state index is 1.01. The molecule has 3 rings (SSSR count). The van der Waals surface area contributed by atoms with E-state index < -0.39 is 0 Å². The van der Waals surface area contributed by atoms with E-state index in [9.17, 15) is 0 Å². The molecule has 0 radical (unpaired) electrons. The summed E-state index contributed by atoms with van der Waals surface area (Å²) in [7, 11) is 0. The first-order chi connectivity index (χ1) is 10.3. The standard InChI is InChI=1S/C17H21N3S/c1-15(17-8-5-13-21-17)18-20-11-9-19(10-12-20)14-16-6-3-2-4-7-16/h2-8,13H,9-12,14H2,1H3. The Labute approximate surface area is 130 Å². The van der Waals surface area contributed by atoms with E-state index in [0.717, 1.165) is 38.4 Å². The van der Waals surface area contributed by atoms with Gasteiger partial charge in [-0.25, -0.2) is 0 Å². The average Bonchev–Trinajstić information content (AvgIpc) is 3.05. The molecule has 0 unspecified atom stereocenters. The molecule has 0 bridgehead atoms. The van der Waals surface area contributed by atoms with E-state index in [1.807, 2.05) is 0 Å². The fourth-order valence-corrected chi connectivity index (χ4v) is 3.26. The van der Waals surface area contributed by atoms with Crippen LogP contribution in [0.15, 0.2) is 52.9 Å². The zero-order valence-electron chi connectivity index (χ0n) is 12.4. The Kier molecular flexibility index (Phi) is 4.68. The van der Waals surface area contributed by atoms with Gasteiger partial charge in [0, 0.05) is 37.6 Å². The lowest BCUT2D eigenvalue weighted by atomic mass is 10.2. The maximum Gasteiger partial charge on any atom is 0.0746 e. The molecule has 110 valence electrons. The van der Waals surface area contributed by atoms with Crippen molar-refractivity contribution in [3.8, 4) is 0 Å². The smallest absolute Gasteiger partial charge is 0.0746 e. The molecule has 0 amide bonds. The van der Waals surface area contributed by atoms with Crippen molar-refractivity contribution in [3.05, 3.63) is 58.3 Å². The topological polar surface area (TPSA) is 18.8 Å². The minimum Gasteiger partial charge on any atom is -0.295 e. The van der Waals surface area contributed by atoms with E-state index in [-0.39, 0.29) is 0 Å².